The van der Waals surface area contributed by atoms with Crippen LogP contribution in [-0.4, -0.2) is 20.2 Å². The van der Waals surface area contributed by atoms with Gasteiger partial charge in [-0.1, -0.05) is 6.07 Å². The smallest absolute Gasteiger partial charge is 0.133 e. The van der Waals surface area contributed by atoms with E-state index >= 15 is 0 Å². The van der Waals surface area contributed by atoms with Crippen molar-refractivity contribution in [2.24, 2.45) is 0 Å². The van der Waals surface area contributed by atoms with E-state index in [1.165, 1.54) is 5.56 Å². The summed E-state index contributed by atoms with van der Waals surface area (Å²) in [4.78, 5) is 0. The fourth-order valence-corrected chi connectivity index (χ4v) is 2.02. The van der Waals surface area contributed by atoms with Crippen molar-refractivity contribution in [3.8, 4) is 5.75 Å². The predicted octanol–water partition coefficient (Wildman–Crippen LogP) is 2.14. The first kappa shape index (κ1) is 9.03. The van der Waals surface area contributed by atoms with Gasteiger partial charge in [-0.2, -0.15) is 0 Å². The molecule has 0 aromatic heterocycles. The molecule has 1 heterocycles. The molecule has 0 radical (unpaired) electrons. The van der Waals surface area contributed by atoms with Gasteiger partial charge in [0.2, 0.25) is 0 Å². The molecule has 0 aliphatic carbocycles. The molecule has 1 aliphatic heterocycles. The zero-order valence-electron chi connectivity index (χ0n) is 7.51. The Morgan fingerprint density at radius 1 is 1.46 bits per heavy atom. The molecule has 13 heavy (non-hydrogen) atoms. The molecule has 0 amide bonds. The lowest BCUT2D eigenvalue weighted by molar-refractivity contribution is 0.410. The van der Waals surface area contributed by atoms with Crippen LogP contribution in [0.3, 0.4) is 0 Å². The second kappa shape index (κ2) is 3.68. The molecule has 1 aromatic rings. The summed E-state index contributed by atoms with van der Waals surface area (Å²) < 4.78 is 6.21. The van der Waals surface area contributed by atoms with Gasteiger partial charge in [0.1, 0.15) is 5.75 Å². The van der Waals surface area contributed by atoms with Crippen LogP contribution in [0.25, 0.3) is 0 Å². The minimum atomic E-state index is 0.683. The number of hydrogen-bond donors (Lipinski definition) is 1. The molecule has 0 unspecified atom stereocenters. The van der Waals surface area contributed by atoms with Crippen molar-refractivity contribution in [3.63, 3.8) is 0 Å². The minimum absolute atomic E-state index is 0.683. The van der Waals surface area contributed by atoms with Gasteiger partial charge in [-0.05, 0) is 33.6 Å². The molecule has 2 rings (SSSR count). The second-order valence-corrected chi connectivity index (χ2v) is 4.10. The van der Waals surface area contributed by atoms with Gasteiger partial charge in [0.15, 0.2) is 0 Å². The quantitative estimate of drug-likeness (QED) is 0.857. The van der Waals surface area contributed by atoms with E-state index in [1.54, 1.807) is 7.11 Å². The van der Waals surface area contributed by atoms with E-state index in [4.69, 9.17) is 4.74 Å². The molecule has 1 aromatic carbocycles. The van der Waals surface area contributed by atoms with Crippen molar-refractivity contribution in [1.29, 1.82) is 0 Å². The molecule has 0 spiro atoms. The molecule has 1 aliphatic rings. The summed E-state index contributed by atoms with van der Waals surface area (Å²) in [5, 5.41) is 3.26. The lowest BCUT2D eigenvalue weighted by Gasteiger charge is -2.27. The van der Waals surface area contributed by atoms with Crippen LogP contribution < -0.4 is 10.1 Å². The first-order valence-corrected chi connectivity index (χ1v) is 5.14. The summed E-state index contributed by atoms with van der Waals surface area (Å²) in [6.07, 6.45) is 0. The van der Waals surface area contributed by atoms with Crippen molar-refractivity contribution in [3.05, 3.63) is 28.2 Å². The maximum atomic E-state index is 5.17. The van der Waals surface area contributed by atoms with E-state index in [9.17, 15) is 0 Å². The van der Waals surface area contributed by atoms with Gasteiger partial charge in [-0.15, -0.1) is 0 Å². The highest BCUT2D eigenvalue weighted by atomic mass is 79.9. The Kier molecular flexibility index (Phi) is 2.56. The Hall–Kier alpha value is -0.540. The van der Waals surface area contributed by atoms with Crippen molar-refractivity contribution >= 4 is 15.9 Å². The molecule has 3 heteroatoms. The van der Waals surface area contributed by atoms with Crippen molar-refractivity contribution < 1.29 is 4.74 Å². The van der Waals surface area contributed by atoms with Crippen LogP contribution in [0.2, 0.25) is 0 Å². The zero-order valence-corrected chi connectivity index (χ0v) is 9.10. The number of halogens is 1. The van der Waals surface area contributed by atoms with Gasteiger partial charge in [0.05, 0.1) is 11.6 Å². The van der Waals surface area contributed by atoms with Crippen LogP contribution in [0.1, 0.15) is 11.5 Å². The second-order valence-electron chi connectivity index (χ2n) is 3.25. The first-order chi connectivity index (χ1) is 6.31. The van der Waals surface area contributed by atoms with Gasteiger partial charge < -0.3 is 10.1 Å². The van der Waals surface area contributed by atoms with E-state index in [2.05, 4.69) is 33.4 Å². The monoisotopic (exact) mass is 241 g/mol. The van der Waals surface area contributed by atoms with Gasteiger partial charge in [0.25, 0.3) is 0 Å². The normalized spacial score (nSPS) is 16.8. The van der Waals surface area contributed by atoms with Crippen LogP contribution in [0.5, 0.6) is 5.75 Å². The molecule has 2 nitrogen and oxygen atoms in total. The Labute approximate surface area is 86.4 Å². The average Bonchev–Trinajstić information content (AvgIpc) is 2.01. The number of benzene rings is 1. The number of rotatable bonds is 2. The largest absolute Gasteiger partial charge is 0.496 e. The van der Waals surface area contributed by atoms with Crippen molar-refractivity contribution in [2.75, 3.05) is 20.2 Å². The summed E-state index contributed by atoms with van der Waals surface area (Å²) in [6, 6.07) is 6.29. The molecular formula is C10H12BrNO. The fraction of sp³-hybridized carbons (Fsp3) is 0.400. The zero-order chi connectivity index (χ0) is 9.26. The Morgan fingerprint density at radius 3 is 2.69 bits per heavy atom. The van der Waals surface area contributed by atoms with Gasteiger partial charge in [-0.3, -0.25) is 0 Å². The average molecular weight is 242 g/mol. The number of hydrogen-bond acceptors (Lipinski definition) is 2. The van der Waals surface area contributed by atoms with Gasteiger partial charge in [-0.25, -0.2) is 0 Å². The van der Waals surface area contributed by atoms with E-state index in [0.717, 1.165) is 23.3 Å². The third kappa shape index (κ3) is 1.71. The molecular weight excluding hydrogens is 230 g/mol. The van der Waals surface area contributed by atoms with Crippen molar-refractivity contribution in [2.45, 2.75) is 5.92 Å². The number of methoxy groups -OCH3 is 1. The standard InChI is InChI=1S/C10H12BrNO/c1-13-10-3-2-7(4-9(10)11)8-5-12-6-8/h2-4,8,12H,5-6H2,1H3. The minimum Gasteiger partial charge on any atom is -0.496 e. The molecule has 0 saturated carbocycles. The summed E-state index contributed by atoms with van der Waals surface area (Å²) >= 11 is 3.48. The highest BCUT2D eigenvalue weighted by Gasteiger charge is 2.19. The van der Waals surface area contributed by atoms with Gasteiger partial charge >= 0.3 is 0 Å². The van der Waals surface area contributed by atoms with E-state index < -0.39 is 0 Å². The predicted molar refractivity (Wildman–Crippen MR) is 56.3 cm³/mol. The lowest BCUT2D eigenvalue weighted by atomic mass is 9.94. The SMILES string of the molecule is COc1ccc(C2CNC2)cc1Br. The first-order valence-electron chi connectivity index (χ1n) is 4.35. The molecule has 1 fully saturated rings. The van der Waals surface area contributed by atoms with Crippen LogP contribution in [-0.2, 0) is 0 Å². The van der Waals surface area contributed by atoms with Crippen molar-refractivity contribution in [1.82, 2.24) is 5.32 Å². The third-order valence-electron chi connectivity index (χ3n) is 2.43. The number of ether oxygens (including phenoxy) is 1. The maximum Gasteiger partial charge on any atom is 0.133 e. The van der Waals surface area contributed by atoms with Crippen LogP contribution in [0.15, 0.2) is 22.7 Å². The summed E-state index contributed by atoms with van der Waals surface area (Å²) in [5.74, 6) is 1.58. The van der Waals surface area contributed by atoms with Crippen LogP contribution in [0.4, 0.5) is 0 Å². The molecule has 0 bridgehead atoms. The van der Waals surface area contributed by atoms with E-state index in [0.29, 0.717) is 5.92 Å². The summed E-state index contributed by atoms with van der Waals surface area (Å²) in [5.41, 5.74) is 1.38. The highest BCUT2D eigenvalue weighted by Crippen LogP contribution is 2.29. The Bertz CT molecular complexity index is 310. The molecule has 0 atom stereocenters. The topological polar surface area (TPSA) is 21.3 Å². The maximum absolute atomic E-state index is 5.17. The van der Waals surface area contributed by atoms with Gasteiger partial charge in [0, 0.05) is 19.0 Å². The summed E-state index contributed by atoms with van der Waals surface area (Å²) in [7, 11) is 1.69. The van der Waals surface area contributed by atoms with E-state index in [-0.39, 0.29) is 0 Å². The fourth-order valence-electron chi connectivity index (χ4n) is 1.46. The lowest BCUT2D eigenvalue weighted by Crippen LogP contribution is -2.39. The van der Waals surface area contributed by atoms with Crippen LogP contribution >= 0.6 is 15.9 Å². The molecule has 1 N–H and O–H groups in total. The molecule has 70 valence electrons. The highest BCUT2D eigenvalue weighted by molar-refractivity contribution is 9.10. The third-order valence-corrected chi connectivity index (χ3v) is 3.05. The molecule has 1 saturated heterocycles. The Morgan fingerprint density at radius 2 is 2.23 bits per heavy atom. The Balaban J connectivity index is 2.24. The van der Waals surface area contributed by atoms with E-state index in [1.807, 2.05) is 6.07 Å². The summed E-state index contributed by atoms with van der Waals surface area (Å²) in [6.45, 7) is 2.19. The van der Waals surface area contributed by atoms with Crippen LogP contribution in [0, 0.1) is 0 Å². The number of nitrogens with one attached hydrogen (secondary N) is 1.